The number of rotatable bonds is 2. The van der Waals surface area contributed by atoms with Gasteiger partial charge in [-0.3, -0.25) is 0 Å². The van der Waals surface area contributed by atoms with Crippen LogP contribution in [0.15, 0.2) is 36.4 Å². The Hall–Kier alpha value is -1.08. The van der Waals surface area contributed by atoms with Gasteiger partial charge >= 0.3 is 0 Å². The summed E-state index contributed by atoms with van der Waals surface area (Å²) in [5.41, 5.74) is 1.24. The first-order valence-electron chi connectivity index (χ1n) is 5.26. The zero-order valence-electron chi connectivity index (χ0n) is 8.26. The van der Waals surface area contributed by atoms with Crippen molar-refractivity contribution in [2.24, 2.45) is 5.92 Å². The van der Waals surface area contributed by atoms with Crippen molar-refractivity contribution in [1.29, 1.82) is 0 Å². The maximum Gasteiger partial charge on any atom is 0.0546 e. The molecule has 74 valence electrons. The van der Waals surface area contributed by atoms with Crippen LogP contribution in [0.3, 0.4) is 0 Å². The van der Waals surface area contributed by atoms with Crippen LogP contribution in [0.25, 0.3) is 6.08 Å². The number of allylic oxidation sites excluding steroid dienone is 1. The Morgan fingerprint density at radius 1 is 1.14 bits per heavy atom. The van der Waals surface area contributed by atoms with Crippen molar-refractivity contribution in [3.63, 3.8) is 0 Å². The second-order valence-electron chi connectivity index (χ2n) is 4.00. The number of aliphatic hydroxyl groups excluding tert-OH is 1. The third kappa shape index (κ3) is 2.46. The minimum absolute atomic E-state index is 0.0691. The fourth-order valence-electron chi connectivity index (χ4n) is 1.98. The van der Waals surface area contributed by atoms with Gasteiger partial charge in [-0.1, -0.05) is 42.5 Å². The van der Waals surface area contributed by atoms with E-state index in [1.165, 1.54) is 5.56 Å². The molecule has 1 aliphatic rings. The summed E-state index contributed by atoms with van der Waals surface area (Å²) in [7, 11) is 0. The minimum atomic E-state index is -0.0691. The molecule has 1 aliphatic carbocycles. The van der Waals surface area contributed by atoms with Crippen LogP contribution in [-0.4, -0.2) is 11.2 Å². The molecule has 2 rings (SSSR count). The van der Waals surface area contributed by atoms with Crippen molar-refractivity contribution in [2.45, 2.75) is 25.4 Å². The number of aliphatic hydroxyl groups is 1. The topological polar surface area (TPSA) is 20.2 Å². The molecule has 1 aromatic carbocycles. The van der Waals surface area contributed by atoms with Crippen LogP contribution < -0.4 is 0 Å². The highest BCUT2D eigenvalue weighted by molar-refractivity contribution is 5.49. The molecule has 1 aromatic rings. The molecule has 1 saturated carbocycles. The molecule has 2 unspecified atom stereocenters. The highest BCUT2D eigenvalue weighted by atomic mass is 16.3. The zero-order chi connectivity index (χ0) is 9.80. The molecule has 1 heteroatoms. The molecular formula is C13H16O. The van der Waals surface area contributed by atoms with Crippen molar-refractivity contribution in [3.05, 3.63) is 42.0 Å². The van der Waals surface area contributed by atoms with Gasteiger partial charge in [-0.25, -0.2) is 0 Å². The summed E-state index contributed by atoms with van der Waals surface area (Å²) in [6.45, 7) is 0. The van der Waals surface area contributed by atoms with Gasteiger partial charge in [0.2, 0.25) is 0 Å². The molecule has 0 bridgehead atoms. The first-order valence-corrected chi connectivity index (χ1v) is 5.26. The second kappa shape index (κ2) is 4.43. The lowest BCUT2D eigenvalue weighted by atomic mass is 10.1. The fourth-order valence-corrected chi connectivity index (χ4v) is 1.98. The zero-order valence-corrected chi connectivity index (χ0v) is 8.26. The lowest BCUT2D eigenvalue weighted by Crippen LogP contribution is -1.98. The van der Waals surface area contributed by atoms with Crippen LogP contribution in [0.2, 0.25) is 0 Å². The SMILES string of the molecule is OC1CCC(C=Cc2ccccc2)C1. The number of benzene rings is 1. The summed E-state index contributed by atoms with van der Waals surface area (Å²) in [4.78, 5) is 0. The summed E-state index contributed by atoms with van der Waals surface area (Å²) >= 11 is 0. The molecule has 2 atom stereocenters. The highest BCUT2D eigenvalue weighted by Gasteiger charge is 2.19. The molecular weight excluding hydrogens is 172 g/mol. The van der Waals surface area contributed by atoms with Gasteiger partial charge in [-0.15, -0.1) is 0 Å². The Morgan fingerprint density at radius 2 is 1.93 bits per heavy atom. The molecule has 0 spiro atoms. The predicted molar refractivity (Wildman–Crippen MR) is 58.8 cm³/mol. The summed E-state index contributed by atoms with van der Waals surface area (Å²) < 4.78 is 0. The fraction of sp³-hybridized carbons (Fsp3) is 0.385. The van der Waals surface area contributed by atoms with Gasteiger partial charge in [0.05, 0.1) is 6.10 Å². The molecule has 0 amide bonds. The average Bonchev–Trinajstić information content (AvgIpc) is 2.63. The quantitative estimate of drug-likeness (QED) is 0.756. The van der Waals surface area contributed by atoms with Crippen molar-refractivity contribution in [3.8, 4) is 0 Å². The van der Waals surface area contributed by atoms with Crippen LogP contribution in [0.5, 0.6) is 0 Å². The van der Waals surface area contributed by atoms with Crippen LogP contribution in [0, 0.1) is 5.92 Å². The molecule has 0 radical (unpaired) electrons. The van der Waals surface area contributed by atoms with Gasteiger partial charge in [-0.05, 0) is 30.7 Å². The Labute approximate surface area is 85.1 Å². The third-order valence-corrected chi connectivity index (χ3v) is 2.81. The van der Waals surface area contributed by atoms with Crippen LogP contribution >= 0.6 is 0 Å². The first-order chi connectivity index (χ1) is 6.84. The largest absolute Gasteiger partial charge is 0.393 e. The smallest absolute Gasteiger partial charge is 0.0546 e. The molecule has 0 aliphatic heterocycles. The van der Waals surface area contributed by atoms with Gasteiger partial charge in [0.1, 0.15) is 0 Å². The number of hydrogen-bond acceptors (Lipinski definition) is 1. The molecule has 1 nitrogen and oxygen atoms in total. The number of hydrogen-bond donors (Lipinski definition) is 1. The van der Waals surface area contributed by atoms with E-state index in [2.05, 4.69) is 24.3 Å². The Balaban J connectivity index is 1.94. The summed E-state index contributed by atoms with van der Waals surface area (Å²) in [6.07, 6.45) is 7.34. The van der Waals surface area contributed by atoms with E-state index in [1.807, 2.05) is 18.2 Å². The average molecular weight is 188 g/mol. The van der Waals surface area contributed by atoms with E-state index in [0.29, 0.717) is 5.92 Å². The summed E-state index contributed by atoms with van der Waals surface area (Å²) in [6, 6.07) is 10.3. The van der Waals surface area contributed by atoms with E-state index in [-0.39, 0.29) is 6.10 Å². The lowest BCUT2D eigenvalue weighted by Gasteiger charge is -2.01. The van der Waals surface area contributed by atoms with Crippen LogP contribution in [-0.2, 0) is 0 Å². The standard InChI is InChI=1S/C13H16O/c14-13-9-8-12(10-13)7-6-11-4-2-1-3-5-11/h1-7,12-14H,8-10H2. The van der Waals surface area contributed by atoms with Crippen molar-refractivity contribution < 1.29 is 5.11 Å². The van der Waals surface area contributed by atoms with Crippen molar-refractivity contribution in [1.82, 2.24) is 0 Å². The van der Waals surface area contributed by atoms with Crippen molar-refractivity contribution >= 4 is 6.08 Å². The van der Waals surface area contributed by atoms with Gasteiger partial charge in [0, 0.05) is 0 Å². The monoisotopic (exact) mass is 188 g/mol. The molecule has 0 saturated heterocycles. The third-order valence-electron chi connectivity index (χ3n) is 2.81. The van der Waals surface area contributed by atoms with E-state index in [9.17, 15) is 5.11 Å². The van der Waals surface area contributed by atoms with E-state index >= 15 is 0 Å². The molecule has 1 N–H and O–H groups in total. The normalized spacial score (nSPS) is 27.2. The highest BCUT2D eigenvalue weighted by Crippen LogP contribution is 2.26. The van der Waals surface area contributed by atoms with Gasteiger partial charge in [0.15, 0.2) is 0 Å². The maximum atomic E-state index is 9.36. The Bertz CT molecular complexity index is 302. The Morgan fingerprint density at radius 3 is 2.57 bits per heavy atom. The van der Waals surface area contributed by atoms with Gasteiger partial charge in [0.25, 0.3) is 0 Å². The maximum absolute atomic E-state index is 9.36. The molecule has 1 fully saturated rings. The van der Waals surface area contributed by atoms with Crippen LogP contribution in [0.1, 0.15) is 24.8 Å². The minimum Gasteiger partial charge on any atom is -0.393 e. The van der Waals surface area contributed by atoms with Crippen molar-refractivity contribution in [2.75, 3.05) is 0 Å². The second-order valence-corrected chi connectivity index (χ2v) is 4.00. The summed E-state index contributed by atoms with van der Waals surface area (Å²) in [5, 5.41) is 9.36. The first kappa shape index (κ1) is 9.47. The lowest BCUT2D eigenvalue weighted by molar-refractivity contribution is 0.180. The molecule has 0 heterocycles. The van der Waals surface area contributed by atoms with E-state index in [0.717, 1.165) is 19.3 Å². The van der Waals surface area contributed by atoms with E-state index in [4.69, 9.17) is 0 Å². The van der Waals surface area contributed by atoms with E-state index < -0.39 is 0 Å². The summed E-state index contributed by atoms with van der Waals surface area (Å²) in [5.74, 6) is 0.574. The van der Waals surface area contributed by atoms with Gasteiger partial charge < -0.3 is 5.11 Å². The van der Waals surface area contributed by atoms with E-state index in [1.54, 1.807) is 0 Å². The predicted octanol–water partition coefficient (Wildman–Crippen LogP) is 2.86. The van der Waals surface area contributed by atoms with Gasteiger partial charge in [-0.2, -0.15) is 0 Å². The Kier molecular flexibility index (Phi) is 3.00. The molecule has 0 aromatic heterocycles. The molecule has 14 heavy (non-hydrogen) atoms. The van der Waals surface area contributed by atoms with Crippen LogP contribution in [0.4, 0.5) is 0 Å².